The van der Waals surface area contributed by atoms with E-state index in [1.54, 1.807) is 0 Å². The number of aldehydes is 1. The van der Waals surface area contributed by atoms with Crippen molar-refractivity contribution in [2.45, 2.75) is 72.3 Å². The molecule has 0 aliphatic rings. The quantitative estimate of drug-likeness (QED) is 0.371. The molecule has 0 N–H and O–H groups in total. The number of carbonyl (C=O) groups is 2. The maximum absolute atomic E-state index is 11.6. The average Bonchev–Trinajstić information content (AvgIpc) is 2.21. The highest BCUT2D eigenvalue weighted by Gasteiger charge is 2.24. The number of rotatable bonds is 8. The molecular weight excluding hydrogens is 216 g/mol. The molecule has 100 valence electrons. The molecule has 3 nitrogen and oxygen atoms in total. The molecule has 0 aliphatic carbocycles. The van der Waals surface area contributed by atoms with Gasteiger partial charge in [-0.05, 0) is 47.0 Å². The van der Waals surface area contributed by atoms with Gasteiger partial charge in [0, 0.05) is 6.42 Å². The Morgan fingerprint density at radius 1 is 1.18 bits per heavy atom. The summed E-state index contributed by atoms with van der Waals surface area (Å²) in [6, 6.07) is 0. The fraction of sp³-hybridized carbons (Fsp3) is 0.857. The molecule has 0 saturated carbocycles. The molecule has 0 aromatic heterocycles. The van der Waals surface area contributed by atoms with Gasteiger partial charge in [0.05, 0.1) is 11.5 Å². The highest BCUT2D eigenvalue weighted by Crippen LogP contribution is 2.18. The Morgan fingerprint density at radius 2 is 1.76 bits per heavy atom. The van der Waals surface area contributed by atoms with Gasteiger partial charge in [-0.15, -0.1) is 0 Å². The minimum absolute atomic E-state index is 0.00667. The molecule has 0 bridgehead atoms. The van der Waals surface area contributed by atoms with Crippen molar-refractivity contribution < 1.29 is 14.3 Å². The summed E-state index contributed by atoms with van der Waals surface area (Å²) in [4.78, 5) is 21.7. The van der Waals surface area contributed by atoms with E-state index in [1.165, 1.54) is 0 Å². The number of unbranched alkanes of at least 4 members (excludes halogenated alkanes) is 4. The van der Waals surface area contributed by atoms with Crippen LogP contribution in [0, 0.1) is 5.41 Å². The van der Waals surface area contributed by atoms with Gasteiger partial charge < -0.3 is 9.53 Å². The van der Waals surface area contributed by atoms with Crippen molar-refractivity contribution in [1.29, 1.82) is 0 Å². The largest absolute Gasteiger partial charge is 0.462 e. The Bertz CT molecular complexity index is 228. The standard InChI is InChI=1S/C14H26O3/c1-12(17-13(16)14(2,3)4)10-8-6-5-7-9-11-15/h11-12H,5-10H2,1-4H3. The maximum atomic E-state index is 11.6. The van der Waals surface area contributed by atoms with Crippen LogP contribution in [0.25, 0.3) is 0 Å². The molecule has 0 amide bonds. The van der Waals surface area contributed by atoms with Gasteiger partial charge in [0.15, 0.2) is 0 Å². The van der Waals surface area contributed by atoms with Crippen LogP contribution < -0.4 is 0 Å². The van der Waals surface area contributed by atoms with Crippen molar-refractivity contribution in [3.05, 3.63) is 0 Å². The lowest BCUT2D eigenvalue weighted by molar-refractivity contribution is -0.158. The fourth-order valence-corrected chi connectivity index (χ4v) is 1.43. The number of esters is 1. The van der Waals surface area contributed by atoms with Crippen molar-refractivity contribution in [2.75, 3.05) is 0 Å². The monoisotopic (exact) mass is 242 g/mol. The lowest BCUT2D eigenvalue weighted by atomic mass is 9.97. The average molecular weight is 242 g/mol. The number of ether oxygens (including phenoxy) is 1. The van der Waals surface area contributed by atoms with Crippen molar-refractivity contribution in [3.63, 3.8) is 0 Å². The molecule has 0 aromatic rings. The van der Waals surface area contributed by atoms with Gasteiger partial charge in [0.1, 0.15) is 6.29 Å². The highest BCUT2D eigenvalue weighted by atomic mass is 16.5. The third-order valence-electron chi connectivity index (χ3n) is 2.60. The second-order valence-corrected chi connectivity index (χ2v) is 5.62. The van der Waals surface area contributed by atoms with Gasteiger partial charge in [0.2, 0.25) is 0 Å². The minimum Gasteiger partial charge on any atom is -0.462 e. The molecule has 17 heavy (non-hydrogen) atoms. The molecule has 0 heterocycles. The van der Waals surface area contributed by atoms with E-state index >= 15 is 0 Å². The lowest BCUT2D eigenvalue weighted by Gasteiger charge is -2.20. The summed E-state index contributed by atoms with van der Waals surface area (Å²) < 4.78 is 5.35. The number of carbonyl (C=O) groups excluding carboxylic acids is 2. The zero-order chi connectivity index (χ0) is 13.3. The summed E-state index contributed by atoms with van der Waals surface area (Å²) in [5, 5.41) is 0. The van der Waals surface area contributed by atoms with Crippen LogP contribution in [0.3, 0.4) is 0 Å². The Labute approximate surface area is 105 Å². The summed E-state index contributed by atoms with van der Waals surface area (Å²) >= 11 is 0. The van der Waals surface area contributed by atoms with Crippen LogP contribution in [-0.2, 0) is 14.3 Å². The smallest absolute Gasteiger partial charge is 0.311 e. The first kappa shape index (κ1) is 16.1. The molecule has 0 saturated heterocycles. The second-order valence-electron chi connectivity index (χ2n) is 5.62. The fourth-order valence-electron chi connectivity index (χ4n) is 1.43. The molecule has 0 fully saturated rings. The van der Waals surface area contributed by atoms with E-state index in [2.05, 4.69) is 0 Å². The van der Waals surface area contributed by atoms with Crippen LogP contribution in [-0.4, -0.2) is 18.4 Å². The van der Waals surface area contributed by atoms with Gasteiger partial charge in [-0.2, -0.15) is 0 Å². The van der Waals surface area contributed by atoms with Crippen LogP contribution in [0.5, 0.6) is 0 Å². The number of hydrogen-bond acceptors (Lipinski definition) is 3. The van der Waals surface area contributed by atoms with Crippen LogP contribution in [0.15, 0.2) is 0 Å². The second kappa shape index (κ2) is 8.26. The maximum Gasteiger partial charge on any atom is 0.311 e. The molecule has 3 heteroatoms. The van der Waals surface area contributed by atoms with E-state index in [9.17, 15) is 9.59 Å². The predicted octanol–water partition coefficient (Wildman–Crippen LogP) is 3.50. The Balaban J connectivity index is 3.56. The van der Waals surface area contributed by atoms with Crippen molar-refractivity contribution in [3.8, 4) is 0 Å². The van der Waals surface area contributed by atoms with Crippen LogP contribution in [0.1, 0.15) is 66.2 Å². The predicted molar refractivity (Wildman–Crippen MR) is 68.8 cm³/mol. The van der Waals surface area contributed by atoms with Crippen LogP contribution in [0.4, 0.5) is 0 Å². The topological polar surface area (TPSA) is 43.4 Å². The first-order valence-corrected chi connectivity index (χ1v) is 6.52. The third-order valence-corrected chi connectivity index (χ3v) is 2.60. The lowest BCUT2D eigenvalue weighted by Crippen LogP contribution is -2.26. The Morgan fingerprint density at radius 3 is 2.29 bits per heavy atom. The first-order chi connectivity index (χ1) is 7.88. The summed E-state index contributed by atoms with van der Waals surface area (Å²) in [7, 11) is 0. The summed E-state index contributed by atoms with van der Waals surface area (Å²) in [6.07, 6.45) is 6.74. The third kappa shape index (κ3) is 8.90. The van der Waals surface area contributed by atoms with Crippen molar-refractivity contribution in [1.82, 2.24) is 0 Å². The molecular formula is C14H26O3. The Kier molecular flexibility index (Phi) is 7.85. The van der Waals surface area contributed by atoms with Crippen LogP contribution in [0.2, 0.25) is 0 Å². The highest BCUT2D eigenvalue weighted by molar-refractivity contribution is 5.75. The summed E-state index contributed by atoms with van der Waals surface area (Å²) in [5.41, 5.74) is -0.418. The molecule has 0 aliphatic heterocycles. The van der Waals surface area contributed by atoms with Gasteiger partial charge in [0.25, 0.3) is 0 Å². The molecule has 0 spiro atoms. The van der Waals surface area contributed by atoms with E-state index in [-0.39, 0.29) is 12.1 Å². The normalized spacial score (nSPS) is 13.2. The molecule has 1 atom stereocenters. The summed E-state index contributed by atoms with van der Waals surface area (Å²) in [5.74, 6) is -0.133. The molecule has 1 unspecified atom stereocenters. The van der Waals surface area contributed by atoms with E-state index < -0.39 is 5.41 Å². The minimum atomic E-state index is -0.418. The Hall–Kier alpha value is -0.860. The molecule has 0 radical (unpaired) electrons. The zero-order valence-corrected chi connectivity index (χ0v) is 11.6. The van der Waals surface area contributed by atoms with Crippen molar-refractivity contribution >= 4 is 12.3 Å². The molecule has 0 aromatic carbocycles. The van der Waals surface area contributed by atoms with Gasteiger partial charge >= 0.3 is 5.97 Å². The van der Waals surface area contributed by atoms with Crippen LogP contribution >= 0.6 is 0 Å². The van der Waals surface area contributed by atoms with Crippen molar-refractivity contribution in [2.24, 2.45) is 5.41 Å². The van der Waals surface area contributed by atoms with Gasteiger partial charge in [-0.3, -0.25) is 4.79 Å². The van der Waals surface area contributed by atoms with E-state index in [4.69, 9.17) is 4.74 Å². The van der Waals surface area contributed by atoms with E-state index in [0.717, 1.165) is 38.4 Å². The zero-order valence-electron chi connectivity index (χ0n) is 11.6. The van der Waals surface area contributed by atoms with E-state index in [0.29, 0.717) is 6.42 Å². The number of hydrogen-bond donors (Lipinski definition) is 0. The van der Waals surface area contributed by atoms with E-state index in [1.807, 2.05) is 27.7 Å². The molecule has 0 rings (SSSR count). The first-order valence-electron chi connectivity index (χ1n) is 6.52. The van der Waals surface area contributed by atoms with Gasteiger partial charge in [-0.25, -0.2) is 0 Å². The van der Waals surface area contributed by atoms with Gasteiger partial charge in [-0.1, -0.05) is 12.8 Å². The SMILES string of the molecule is CC(CCCCCCC=O)OC(=O)C(C)(C)C. The summed E-state index contributed by atoms with van der Waals surface area (Å²) in [6.45, 7) is 7.53.